The summed E-state index contributed by atoms with van der Waals surface area (Å²) in [5, 5.41) is 3.36. The van der Waals surface area contributed by atoms with Gasteiger partial charge in [0.25, 0.3) is 0 Å². The summed E-state index contributed by atoms with van der Waals surface area (Å²) in [5.74, 6) is 1.19. The largest absolute Gasteiger partial charge is 0.477 e. The molecule has 1 aliphatic rings. The van der Waals surface area contributed by atoms with E-state index in [0.29, 0.717) is 31.0 Å². The Kier molecular flexibility index (Phi) is 7.00. The van der Waals surface area contributed by atoms with E-state index in [9.17, 15) is 0 Å². The highest BCUT2D eigenvalue weighted by atomic mass is 16.5. The zero-order valence-electron chi connectivity index (χ0n) is 13.6. The Balaban J connectivity index is 1.89. The molecule has 1 saturated carbocycles. The van der Waals surface area contributed by atoms with Crippen molar-refractivity contribution in [3.8, 4) is 5.88 Å². The van der Waals surface area contributed by atoms with Gasteiger partial charge in [-0.2, -0.15) is 0 Å². The highest BCUT2D eigenvalue weighted by Crippen LogP contribution is 2.17. The average Bonchev–Trinajstić information content (AvgIpc) is 2.80. The van der Waals surface area contributed by atoms with Gasteiger partial charge in [-0.15, -0.1) is 0 Å². The molecule has 122 valence electrons. The predicted octanol–water partition coefficient (Wildman–Crippen LogP) is 3.00. The number of nitrogens with one attached hydrogen (secondary N) is 1. The van der Waals surface area contributed by atoms with Crippen LogP contribution in [-0.4, -0.2) is 23.6 Å². The number of guanidine groups is 1. The number of nitrogens with two attached hydrogens (primary N) is 1. The fraction of sp³-hybridized carbons (Fsp3) is 0.647. The van der Waals surface area contributed by atoms with Gasteiger partial charge in [0.1, 0.15) is 0 Å². The van der Waals surface area contributed by atoms with E-state index in [1.165, 1.54) is 38.5 Å². The van der Waals surface area contributed by atoms with Gasteiger partial charge < -0.3 is 15.8 Å². The van der Waals surface area contributed by atoms with Crippen molar-refractivity contribution >= 4 is 5.96 Å². The molecule has 2 rings (SSSR count). The Morgan fingerprint density at radius 2 is 2.14 bits per heavy atom. The second-order valence-electron chi connectivity index (χ2n) is 5.85. The van der Waals surface area contributed by atoms with Crippen LogP contribution < -0.4 is 15.8 Å². The number of ether oxygens (including phenoxy) is 1. The summed E-state index contributed by atoms with van der Waals surface area (Å²) < 4.78 is 5.64. The zero-order valence-corrected chi connectivity index (χ0v) is 13.6. The lowest BCUT2D eigenvalue weighted by Crippen LogP contribution is -2.39. The number of aliphatic imine (C=N–C) groups is 1. The molecule has 0 spiro atoms. The van der Waals surface area contributed by atoms with Gasteiger partial charge in [-0.1, -0.05) is 38.7 Å². The Labute approximate surface area is 133 Å². The van der Waals surface area contributed by atoms with Gasteiger partial charge in [0, 0.05) is 17.8 Å². The maximum absolute atomic E-state index is 6.03. The van der Waals surface area contributed by atoms with Gasteiger partial charge in [-0.3, -0.25) is 0 Å². The number of hydrogen-bond donors (Lipinski definition) is 2. The number of hydrogen-bond acceptors (Lipinski definition) is 3. The first-order valence-electron chi connectivity index (χ1n) is 8.42. The molecule has 1 heterocycles. The molecule has 1 fully saturated rings. The minimum Gasteiger partial charge on any atom is -0.477 e. The molecule has 1 aliphatic carbocycles. The smallest absolute Gasteiger partial charge is 0.218 e. The molecular weight excluding hydrogens is 276 g/mol. The van der Waals surface area contributed by atoms with Gasteiger partial charge >= 0.3 is 0 Å². The van der Waals surface area contributed by atoms with E-state index in [-0.39, 0.29) is 0 Å². The molecule has 0 amide bonds. The third kappa shape index (κ3) is 5.54. The van der Waals surface area contributed by atoms with Crippen LogP contribution in [0.1, 0.15) is 57.4 Å². The monoisotopic (exact) mass is 304 g/mol. The molecule has 0 bridgehead atoms. The maximum Gasteiger partial charge on any atom is 0.218 e. The third-order valence-electron chi connectivity index (χ3n) is 3.92. The number of rotatable bonds is 6. The SMILES string of the molecule is CCCOc1ncccc1CN=C(N)NC1CCCCCC1. The predicted molar refractivity (Wildman–Crippen MR) is 90.0 cm³/mol. The summed E-state index contributed by atoms with van der Waals surface area (Å²) >= 11 is 0. The van der Waals surface area contributed by atoms with Crippen LogP contribution in [0.15, 0.2) is 23.3 Å². The number of aromatic nitrogens is 1. The van der Waals surface area contributed by atoms with Gasteiger partial charge in [0.05, 0.1) is 13.2 Å². The standard InChI is InChI=1S/C17H28N4O/c1-2-12-22-16-14(8-7-11-19-16)13-20-17(18)21-15-9-5-3-4-6-10-15/h7-8,11,15H,2-6,9-10,12-13H2,1H3,(H3,18,20,21). The molecule has 0 aliphatic heterocycles. The third-order valence-corrected chi connectivity index (χ3v) is 3.92. The van der Waals surface area contributed by atoms with Gasteiger partial charge in [-0.25, -0.2) is 9.98 Å². The lowest BCUT2D eigenvalue weighted by atomic mass is 10.1. The summed E-state index contributed by atoms with van der Waals surface area (Å²) in [5.41, 5.74) is 7.00. The molecule has 1 aromatic heterocycles. The molecule has 0 aromatic carbocycles. The molecule has 3 N–H and O–H groups in total. The first-order chi connectivity index (χ1) is 10.8. The number of nitrogens with zero attached hydrogens (tertiary/aromatic N) is 2. The minimum atomic E-state index is 0.468. The molecule has 0 radical (unpaired) electrons. The van der Waals surface area contributed by atoms with Crippen LogP contribution in [0.5, 0.6) is 5.88 Å². The van der Waals surface area contributed by atoms with E-state index >= 15 is 0 Å². The summed E-state index contributed by atoms with van der Waals surface area (Å²) in [7, 11) is 0. The van der Waals surface area contributed by atoms with Crippen molar-refractivity contribution in [3.05, 3.63) is 23.9 Å². The lowest BCUT2D eigenvalue weighted by molar-refractivity contribution is 0.302. The topological polar surface area (TPSA) is 72.5 Å². The lowest BCUT2D eigenvalue weighted by Gasteiger charge is -2.16. The van der Waals surface area contributed by atoms with Gasteiger partial charge in [-0.05, 0) is 25.3 Å². The average molecular weight is 304 g/mol. The van der Waals surface area contributed by atoms with Crippen LogP contribution in [0.3, 0.4) is 0 Å². The van der Waals surface area contributed by atoms with Crippen molar-refractivity contribution in [3.63, 3.8) is 0 Å². The first-order valence-corrected chi connectivity index (χ1v) is 8.42. The highest BCUT2D eigenvalue weighted by Gasteiger charge is 2.12. The van der Waals surface area contributed by atoms with E-state index in [2.05, 4.69) is 22.2 Å². The molecule has 22 heavy (non-hydrogen) atoms. The maximum atomic E-state index is 6.03. The van der Waals surface area contributed by atoms with Crippen molar-refractivity contribution in [2.45, 2.75) is 64.5 Å². The molecule has 1 aromatic rings. The van der Waals surface area contributed by atoms with Crippen molar-refractivity contribution in [1.29, 1.82) is 0 Å². The van der Waals surface area contributed by atoms with Crippen molar-refractivity contribution in [1.82, 2.24) is 10.3 Å². The second-order valence-corrected chi connectivity index (χ2v) is 5.85. The van der Waals surface area contributed by atoms with E-state index in [1.54, 1.807) is 6.20 Å². The molecule has 5 heteroatoms. The first kappa shape index (κ1) is 16.6. The zero-order chi connectivity index (χ0) is 15.6. The Morgan fingerprint density at radius 1 is 1.36 bits per heavy atom. The van der Waals surface area contributed by atoms with Crippen LogP contribution in [-0.2, 0) is 6.54 Å². The van der Waals surface area contributed by atoms with Gasteiger partial charge in [0.15, 0.2) is 5.96 Å². The quantitative estimate of drug-likeness (QED) is 0.481. The van der Waals surface area contributed by atoms with Crippen LogP contribution in [0, 0.1) is 0 Å². The second kappa shape index (κ2) is 9.28. The van der Waals surface area contributed by atoms with Crippen LogP contribution in [0.25, 0.3) is 0 Å². The molecule has 5 nitrogen and oxygen atoms in total. The Bertz CT molecular complexity index is 467. The van der Waals surface area contributed by atoms with Crippen molar-refractivity contribution in [2.75, 3.05) is 6.61 Å². The van der Waals surface area contributed by atoms with Crippen LogP contribution in [0.2, 0.25) is 0 Å². The Morgan fingerprint density at radius 3 is 2.86 bits per heavy atom. The number of pyridine rings is 1. The van der Waals surface area contributed by atoms with E-state index in [4.69, 9.17) is 10.5 Å². The van der Waals surface area contributed by atoms with E-state index in [1.807, 2.05) is 12.1 Å². The molecule has 0 saturated heterocycles. The minimum absolute atomic E-state index is 0.468. The van der Waals surface area contributed by atoms with Crippen molar-refractivity contribution < 1.29 is 4.74 Å². The molecule has 0 unspecified atom stereocenters. The molecule has 0 atom stereocenters. The summed E-state index contributed by atoms with van der Waals surface area (Å²) in [6, 6.07) is 4.36. The summed E-state index contributed by atoms with van der Waals surface area (Å²) in [6.45, 7) is 3.25. The molecular formula is C17H28N4O. The normalized spacial score (nSPS) is 17.0. The van der Waals surface area contributed by atoms with Crippen molar-refractivity contribution in [2.24, 2.45) is 10.7 Å². The fourth-order valence-corrected chi connectivity index (χ4v) is 2.72. The highest BCUT2D eigenvalue weighted by molar-refractivity contribution is 5.78. The fourth-order valence-electron chi connectivity index (χ4n) is 2.72. The van der Waals surface area contributed by atoms with Gasteiger partial charge in [0.2, 0.25) is 5.88 Å². The van der Waals surface area contributed by atoms with Crippen LogP contribution in [0.4, 0.5) is 0 Å². The summed E-state index contributed by atoms with van der Waals surface area (Å²) in [4.78, 5) is 8.72. The van der Waals surface area contributed by atoms with Crippen LogP contribution >= 0.6 is 0 Å². The van der Waals surface area contributed by atoms with E-state index in [0.717, 1.165) is 12.0 Å². The Hall–Kier alpha value is -1.78. The van der Waals surface area contributed by atoms with E-state index < -0.39 is 0 Å². The summed E-state index contributed by atoms with van der Waals surface area (Å²) in [6.07, 6.45) is 10.3.